The van der Waals surface area contributed by atoms with Gasteiger partial charge in [-0.3, -0.25) is 4.68 Å². The first-order chi connectivity index (χ1) is 11.2. The van der Waals surface area contributed by atoms with Crippen LogP contribution in [0.5, 0.6) is 0 Å². The van der Waals surface area contributed by atoms with Crippen LogP contribution >= 0.6 is 11.6 Å². The number of halogens is 1. The van der Waals surface area contributed by atoms with E-state index in [4.69, 9.17) is 16.3 Å². The summed E-state index contributed by atoms with van der Waals surface area (Å²) in [5.41, 5.74) is 4.09. The Labute approximate surface area is 141 Å². The molecule has 122 valence electrons. The number of fused-ring (bicyclic) bond motifs is 1. The molecule has 2 heterocycles. The van der Waals surface area contributed by atoms with Gasteiger partial charge in [-0.05, 0) is 35.8 Å². The minimum Gasteiger partial charge on any atom is -0.381 e. The van der Waals surface area contributed by atoms with E-state index in [1.807, 2.05) is 13.2 Å². The lowest BCUT2D eigenvalue weighted by Crippen LogP contribution is -2.40. The number of hydrogen-bond acceptors (Lipinski definition) is 3. The molecule has 0 amide bonds. The maximum absolute atomic E-state index is 6.26. The van der Waals surface area contributed by atoms with Gasteiger partial charge < -0.3 is 10.1 Å². The van der Waals surface area contributed by atoms with E-state index in [1.54, 1.807) is 4.68 Å². The maximum atomic E-state index is 6.26. The van der Waals surface area contributed by atoms with Crippen molar-refractivity contribution in [1.29, 1.82) is 0 Å². The highest BCUT2D eigenvalue weighted by Gasteiger charge is 2.46. The van der Waals surface area contributed by atoms with Crippen molar-refractivity contribution in [3.8, 4) is 0 Å². The van der Waals surface area contributed by atoms with E-state index in [0.29, 0.717) is 12.6 Å². The standard InChI is InChI=1S/C18H22ClN3O/c1-22-12-15(19)16(21-22)11-20-17-14-5-3-2-4-13(14)10-18(17)6-8-23-9-7-18/h2-5,12,17,20H,6-11H2,1H3. The van der Waals surface area contributed by atoms with Gasteiger partial charge in [0, 0.05) is 39.0 Å². The molecule has 2 aromatic rings. The topological polar surface area (TPSA) is 39.1 Å². The highest BCUT2D eigenvalue weighted by molar-refractivity contribution is 6.31. The molecule has 1 aliphatic carbocycles. The van der Waals surface area contributed by atoms with Gasteiger partial charge in [-0.25, -0.2) is 0 Å². The zero-order valence-electron chi connectivity index (χ0n) is 13.4. The van der Waals surface area contributed by atoms with Crippen LogP contribution in [0.3, 0.4) is 0 Å². The van der Waals surface area contributed by atoms with E-state index in [-0.39, 0.29) is 5.41 Å². The SMILES string of the molecule is Cn1cc(Cl)c(CNC2c3ccccc3CC23CCOCC3)n1. The quantitative estimate of drug-likeness (QED) is 0.938. The Morgan fingerprint density at radius 1 is 1.35 bits per heavy atom. The lowest BCUT2D eigenvalue weighted by Gasteiger charge is -2.39. The van der Waals surface area contributed by atoms with Crippen LogP contribution < -0.4 is 5.32 Å². The molecule has 23 heavy (non-hydrogen) atoms. The third kappa shape index (κ3) is 2.69. The predicted molar refractivity (Wildman–Crippen MR) is 90.4 cm³/mol. The molecule has 1 atom stereocenters. The first-order valence-corrected chi connectivity index (χ1v) is 8.63. The summed E-state index contributed by atoms with van der Waals surface area (Å²) in [6.45, 7) is 2.41. The van der Waals surface area contributed by atoms with Crippen LogP contribution in [0.4, 0.5) is 0 Å². The van der Waals surface area contributed by atoms with Crippen LogP contribution in [0, 0.1) is 5.41 Å². The molecule has 4 rings (SSSR count). The molecule has 0 saturated carbocycles. The molecule has 1 fully saturated rings. The molecule has 1 saturated heterocycles. The number of nitrogens with zero attached hydrogens (tertiary/aromatic N) is 2. The maximum Gasteiger partial charge on any atom is 0.0948 e. The number of nitrogens with one attached hydrogen (secondary N) is 1. The van der Waals surface area contributed by atoms with Gasteiger partial charge in [0.1, 0.15) is 0 Å². The predicted octanol–water partition coefficient (Wildman–Crippen LogP) is 3.26. The monoisotopic (exact) mass is 331 g/mol. The zero-order valence-corrected chi connectivity index (χ0v) is 14.1. The molecule has 1 aromatic carbocycles. The third-order valence-corrected chi connectivity index (χ3v) is 5.65. The Morgan fingerprint density at radius 2 is 2.13 bits per heavy atom. The summed E-state index contributed by atoms with van der Waals surface area (Å²) in [4.78, 5) is 0. The largest absolute Gasteiger partial charge is 0.381 e. The highest BCUT2D eigenvalue weighted by atomic mass is 35.5. The average molecular weight is 332 g/mol. The number of rotatable bonds is 3. The van der Waals surface area contributed by atoms with Crippen molar-refractivity contribution in [2.24, 2.45) is 12.5 Å². The van der Waals surface area contributed by atoms with Gasteiger partial charge in [0.05, 0.1) is 10.7 Å². The minimum absolute atomic E-state index is 0.267. The van der Waals surface area contributed by atoms with Gasteiger partial charge in [-0.15, -0.1) is 0 Å². The van der Waals surface area contributed by atoms with E-state index in [2.05, 4.69) is 34.7 Å². The Kier molecular flexibility index (Phi) is 3.92. The molecule has 0 bridgehead atoms. The number of benzene rings is 1. The first-order valence-electron chi connectivity index (χ1n) is 8.25. The molecule has 4 nitrogen and oxygen atoms in total. The summed E-state index contributed by atoms with van der Waals surface area (Å²) in [5, 5.41) is 8.94. The van der Waals surface area contributed by atoms with E-state index >= 15 is 0 Å². The zero-order chi connectivity index (χ0) is 15.9. The molecular formula is C18H22ClN3O. The van der Waals surface area contributed by atoms with E-state index in [1.165, 1.54) is 11.1 Å². The molecule has 2 aliphatic rings. The Bertz CT molecular complexity index is 706. The molecular weight excluding hydrogens is 310 g/mol. The number of aromatic nitrogens is 2. The summed E-state index contributed by atoms with van der Waals surface area (Å²) in [6, 6.07) is 9.16. The summed E-state index contributed by atoms with van der Waals surface area (Å²) < 4.78 is 7.39. The van der Waals surface area contributed by atoms with Gasteiger partial charge in [-0.1, -0.05) is 35.9 Å². The fraction of sp³-hybridized carbons (Fsp3) is 0.500. The van der Waals surface area contributed by atoms with Gasteiger partial charge in [0.2, 0.25) is 0 Å². The number of aryl methyl sites for hydroxylation is 1. The smallest absolute Gasteiger partial charge is 0.0948 e. The van der Waals surface area contributed by atoms with Crippen molar-refractivity contribution in [1.82, 2.24) is 15.1 Å². The summed E-state index contributed by atoms with van der Waals surface area (Å²) in [6.07, 6.45) is 5.20. The van der Waals surface area contributed by atoms with E-state index in [9.17, 15) is 0 Å². The van der Waals surface area contributed by atoms with Crippen LogP contribution in [-0.4, -0.2) is 23.0 Å². The average Bonchev–Trinajstić information content (AvgIpc) is 3.02. The normalized spacial score (nSPS) is 22.4. The van der Waals surface area contributed by atoms with Gasteiger partial charge in [0.25, 0.3) is 0 Å². The van der Waals surface area contributed by atoms with Crippen molar-refractivity contribution in [3.63, 3.8) is 0 Å². The Hall–Kier alpha value is -1.36. The van der Waals surface area contributed by atoms with E-state index < -0.39 is 0 Å². The lowest BCUT2D eigenvalue weighted by molar-refractivity contribution is -0.000283. The lowest BCUT2D eigenvalue weighted by atomic mass is 9.74. The molecule has 1 aromatic heterocycles. The Morgan fingerprint density at radius 3 is 2.87 bits per heavy atom. The first kappa shape index (κ1) is 15.2. The fourth-order valence-corrected chi connectivity index (χ4v) is 4.43. The Balaban J connectivity index is 1.61. The van der Waals surface area contributed by atoms with Gasteiger partial charge in [0.15, 0.2) is 0 Å². The highest BCUT2D eigenvalue weighted by Crippen LogP contribution is 2.51. The van der Waals surface area contributed by atoms with Crippen molar-refractivity contribution < 1.29 is 4.74 Å². The summed E-state index contributed by atoms with van der Waals surface area (Å²) in [5.74, 6) is 0. The van der Waals surface area contributed by atoms with Gasteiger partial charge in [-0.2, -0.15) is 5.10 Å². The van der Waals surface area contributed by atoms with Crippen LogP contribution in [0.2, 0.25) is 5.02 Å². The summed E-state index contributed by atoms with van der Waals surface area (Å²) in [7, 11) is 1.90. The van der Waals surface area contributed by atoms with E-state index in [0.717, 1.165) is 43.2 Å². The molecule has 0 radical (unpaired) electrons. The van der Waals surface area contributed by atoms with Crippen molar-refractivity contribution >= 4 is 11.6 Å². The number of hydrogen-bond donors (Lipinski definition) is 1. The van der Waals surface area contributed by atoms with Crippen molar-refractivity contribution in [2.45, 2.75) is 31.8 Å². The molecule has 5 heteroatoms. The molecule has 1 unspecified atom stereocenters. The van der Waals surface area contributed by atoms with Gasteiger partial charge >= 0.3 is 0 Å². The fourth-order valence-electron chi connectivity index (χ4n) is 4.18. The third-order valence-electron chi connectivity index (χ3n) is 5.34. The second-order valence-electron chi connectivity index (χ2n) is 6.76. The van der Waals surface area contributed by atoms with Crippen molar-refractivity contribution in [3.05, 3.63) is 52.3 Å². The van der Waals surface area contributed by atoms with Crippen molar-refractivity contribution in [2.75, 3.05) is 13.2 Å². The second kappa shape index (κ2) is 5.93. The van der Waals surface area contributed by atoms with Crippen LogP contribution in [0.15, 0.2) is 30.5 Å². The molecule has 1 N–H and O–H groups in total. The number of ether oxygens (including phenoxy) is 1. The minimum atomic E-state index is 0.267. The second-order valence-corrected chi connectivity index (χ2v) is 7.17. The molecule has 1 aliphatic heterocycles. The van der Waals surface area contributed by atoms with Crippen LogP contribution in [-0.2, 0) is 24.8 Å². The summed E-state index contributed by atoms with van der Waals surface area (Å²) >= 11 is 6.26. The molecule has 1 spiro atoms. The van der Waals surface area contributed by atoms with Crippen LogP contribution in [0.1, 0.15) is 35.7 Å². The van der Waals surface area contributed by atoms with Crippen LogP contribution in [0.25, 0.3) is 0 Å².